The summed E-state index contributed by atoms with van der Waals surface area (Å²) in [5.74, 6) is -0.698. The fourth-order valence-corrected chi connectivity index (χ4v) is 0.674. The zero-order chi connectivity index (χ0) is 13.0. The van der Waals surface area contributed by atoms with E-state index in [9.17, 15) is 9.59 Å². The first-order valence-corrected chi connectivity index (χ1v) is 5.03. The fraction of sp³-hybridized carbons (Fsp3) is 0.636. The van der Waals surface area contributed by atoms with E-state index in [2.05, 4.69) is 16.1 Å². The Labute approximate surface area is 96.0 Å². The highest BCUT2D eigenvalue weighted by Crippen LogP contribution is 1.96. The van der Waals surface area contributed by atoms with E-state index < -0.39 is 12.3 Å². The number of carbonyl (C=O) groups is 2. The molecule has 94 valence electrons. The topological polar surface area (TPSA) is 72.8 Å². The summed E-state index contributed by atoms with van der Waals surface area (Å²) in [5, 5.41) is 8.78. The predicted octanol–water partition coefficient (Wildman–Crippen LogP) is 1.40. The largest absolute Gasteiger partial charge is 0.462 e. The molecule has 0 radical (unpaired) electrons. The minimum atomic E-state index is -0.910. The van der Waals surface area contributed by atoms with Gasteiger partial charge >= 0.3 is 11.9 Å². The summed E-state index contributed by atoms with van der Waals surface area (Å²) in [6.07, 6.45) is 1.95. The molecular formula is C11H20O5. The molecule has 1 atom stereocenters. The average molecular weight is 232 g/mol. The summed E-state index contributed by atoms with van der Waals surface area (Å²) < 4.78 is 8.84. The summed E-state index contributed by atoms with van der Waals surface area (Å²) >= 11 is 0. The van der Waals surface area contributed by atoms with Crippen LogP contribution in [-0.2, 0) is 19.1 Å². The van der Waals surface area contributed by atoms with Crippen LogP contribution in [0.15, 0.2) is 12.7 Å². The molecule has 0 saturated carbocycles. The fourth-order valence-electron chi connectivity index (χ4n) is 0.674. The van der Waals surface area contributed by atoms with Gasteiger partial charge in [0.05, 0.1) is 0 Å². The zero-order valence-electron chi connectivity index (χ0n) is 10.1. The summed E-state index contributed by atoms with van der Waals surface area (Å²) in [5.41, 5.74) is 0. The van der Waals surface area contributed by atoms with Crippen molar-refractivity contribution in [2.24, 2.45) is 0 Å². The van der Waals surface area contributed by atoms with Crippen LogP contribution in [0.3, 0.4) is 0 Å². The van der Waals surface area contributed by atoms with Gasteiger partial charge in [-0.05, 0) is 0 Å². The molecule has 1 unspecified atom stereocenters. The number of hydrogen-bond acceptors (Lipinski definition) is 5. The van der Waals surface area contributed by atoms with Crippen LogP contribution in [0.4, 0.5) is 0 Å². The Hall–Kier alpha value is -1.36. The number of carbonyl (C=O) groups excluding carboxylic acids is 2. The van der Waals surface area contributed by atoms with Crippen LogP contribution >= 0.6 is 0 Å². The number of rotatable bonds is 5. The third-order valence-electron chi connectivity index (χ3n) is 1.24. The Morgan fingerprint density at radius 3 is 2.19 bits per heavy atom. The Morgan fingerprint density at radius 2 is 1.94 bits per heavy atom. The lowest BCUT2D eigenvalue weighted by molar-refractivity contribution is -0.165. The second kappa shape index (κ2) is 11.7. The van der Waals surface area contributed by atoms with E-state index in [1.165, 1.54) is 19.9 Å². The molecule has 0 rings (SSSR count). The third-order valence-corrected chi connectivity index (χ3v) is 1.24. The van der Waals surface area contributed by atoms with E-state index in [0.29, 0.717) is 13.0 Å². The van der Waals surface area contributed by atoms with E-state index in [-0.39, 0.29) is 5.97 Å². The Bertz CT molecular complexity index is 212. The number of hydrogen-bond donors (Lipinski definition) is 1. The molecule has 16 heavy (non-hydrogen) atoms. The van der Waals surface area contributed by atoms with Gasteiger partial charge in [0.1, 0.15) is 6.61 Å². The highest BCUT2D eigenvalue weighted by molar-refractivity contribution is 5.66. The van der Waals surface area contributed by atoms with Gasteiger partial charge in [0.15, 0.2) is 0 Å². The van der Waals surface area contributed by atoms with Crippen molar-refractivity contribution in [2.75, 3.05) is 6.61 Å². The molecule has 0 aromatic heterocycles. The molecule has 1 N–H and O–H groups in total. The van der Waals surface area contributed by atoms with Crippen LogP contribution < -0.4 is 0 Å². The molecule has 0 aliphatic rings. The quantitative estimate of drug-likeness (QED) is 0.440. The van der Waals surface area contributed by atoms with Gasteiger partial charge in [-0.15, -0.1) is 0 Å². The van der Waals surface area contributed by atoms with Gasteiger partial charge in [-0.25, -0.2) is 0 Å². The Kier molecular flexibility index (Phi) is 12.5. The standard InChI is InChI=1S/C6H12O3.C5H8O2/c1-3-4-6(8)9-5(2)7;1-3-4-7-5(2)6/h6,8H,3-4H2,1-2H3;3H,1,4H2,2H3. The van der Waals surface area contributed by atoms with E-state index in [1.807, 2.05) is 6.92 Å². The highest BCUT2D eigenvalue weighted by atomic mass is 16.6. The maximum Gasteiger partial charge on any atom is 0.304 e. The number of ether oxygens (including phenoxy) is 2. The molecule has 5 heteroatoms. The molecule has 5 nitrogen and oxygen atoms in total. The summed E-state index contributed by atoms with van der Waals surface area (Å²) in [6.45, 7) is 8.22. The maximum absolute atomic E-state index is 10.1. The van der Waals surface area contributed by atoms with Crippen molar-refractivity contribution in [3.63, 3.8) is 0 Å². The second-order valence-corrected chi connectivity index (χ2v) is 2.94. The van der Waals surface area contributed by atoms with Crippen molar-refractivity contribution in [1.29, 1.82) is 0 Å². The maximum atomic E-state index is 10.1. The lowest BCUT2D eigenvalue weighted by Gasteiger charge is -2.07. The molecule has 0 bridgehead atoms. The molecule has 0 amide bonds. The van der Waals surface area contributed by atoms with Crippen LogP contribution in [0.25, 0.3) is 0 Å². The minimum absolute atomic E-state index is 0.264. The number of aliphatic hydroxyl groups excluding tert-OH is 1. The van der Waals surface area contributed by atoms with E-state index in [1.54, 1.807) is 0 Å². The van der Waals surface area contributed by atoms with Crippen molar-refractivity contribution >= 4 is 11.9 Å². The molecule has 0 aliphatic carbocycles. The number of aliphatic hydroxyl groups is 1. The predicted molar refractivity (Wildman–Crippen MR) is 59.5 cm³/mol. The summed E-state index contributed by atoms with van der Waals surface area (Å²) in [6, 6.07) is 0. The Morgan fingerprint density at radius 1 is 1.38 bits per heavy atom. The molecule has 0 fully saturated rings. The van der Waals surface area contributed by atoms with Crippen LogP contribution in [0, 0.1) is 0 Å². The van der Waals surface area contributed by atoms with Gasteiger partial charge in [-0.1, -0.05) is 26.0 Å². The molecule has 0 heterocycles. The lowest BCUT2D eigenvalue weighted by atomic mass is 10.3. The van der Waals surface area contributed by atoms with E-state index in [4.69, 9.17) is 5.11 Å². The van der Waals surface area contributed by atoms with Crippen LogP contribution in [-0.4, -0.2) is 29.9 Å². The van der Waals surface area contributed by atoms with Gasteiger partial charge in [-0.3, -0.25) is 9.59 Å². The monoisotopic (exact) mass is 232 g/mol. The summed E-state index contributed by atoms with van der Waals surface area (Å²) in [4.78, 5) is 20.1. The van der Waals surface area contributed by atoms with E-state index in [0.717, 1.165) is 6.42 Å². The average Bonchev–Trinajstić information content (AvgIpc) is 2.14. The van der Waals surface area contributed by atoms with Crippen molar-refractivity contribution in [3.8, 4) is 0 Å². The highest BCUT2D eigenvalue weighted by Gasteiger charge is 2.03. The summed E-state index contributed by atoms with van der Waals surface area (Å²) in [7, 11) is 0. The van der Waals surface area contributed by atoms with Crippen molar-refractivity contribution in [3.05, 3.63) is 12.7 Å². The minimum Gasteiger partial charge on any atom is -0.462 e. The van der Waals surface area contributed by atoms with E-state index >= 15 is 0 Å². The van der Waals surface area contributed by atoms with Crippen molar-refractivity contribution < 1.29 is 24.2 Å². The first kappa shape index (κ1) is 17.0. The SMILES string of the molecule is C=CCOC(C)=O.CCCC(O)OC(C)=O. The van der Waals surface area contributed by atoms with Crippen LogP contribution in [0.2, 0.25) is 0 Å². The second-order valence-electron chi connectivity index (χ2n) is 2.94. The van der Waals surface area contributed by atoms with Gasteiger partial charge < -0.3 is 14.6 Å². The molecule has 0 spiro atoms. The van der Waals surface area contributed by atoms with Gasteiger partial charge in [0.25, 0.3) is 0 Å². The first-order chi connectivity index (χ1) is 7.43. The Balaban J connectivity index is 0. The van der Waals surface area contributed by atoms with Crippen molar-refractivity contribution in [2.45, 2.75) is 39.9 Å². The van der Waals surface area contributed by atoms with Crippen LogP contribution in [0.1, 0.15) is 33.6 Å². The third kappa shape index (κ3) is 18.4. The molecule has 0 aromatic rings. The van der Waals surface area contributed by atoms with Gasteiger partial charge in [-0.2, -0.15) is 0 Å². The zero-order valence-corrected chi connectivity index (χ0v) is 10.1. The smallest absolute Gasteiger partial charge is 0.304 e. The molecule has 0 saturated heterocycles. The molecule has 0 aliphatic heterocycles. The van der Waals surface area contributed by atoms with Crippen LogP contribution in [0.5, 0.6) is 0 Å². The molecular weight excluding hydrogens is 212 g/mol. The number of esters is 2. The van der Waals surface area contributed by atoms with Gasteiger partial charge in [0.2, 0.25) is 6.29 Å². The normalized spacial score (nSPS) is 10.5. The lowest BCUT2D eigenvalue weighted by Crippen LogP contribution is -2.14. The molecule has 0 aromatic carbocycles. The van der Waals surface area contributed by atoms with Crippen molar-refractivity contribution in [1.82, 2.24) is 0 Å². The van der Waals surface area contributed by atoms with Gasteiger partial charge in [0, 0.05) is 20.3 Å². The first-order valence-electron chi connectivity index (χ1n) is 5.03.